The average Bonchev–Trinajstić information content (AvgIpc) is 2.03. The van der Waals surface area contributed by atoms with Crippen LogP contribution in [0.15, 0.2) is 0 Å². The molecule has 2 nitrogen and oxygen atoms in total. The van der Waals surface area contributed by atoms with Gasteiger partial charge in [0.05, 0.1) is 0 Å². The van der Waals surface area contributed by atoms with Crippen molar-refractivity contribution in [2.75, 3.05) is 0 Å². The van der Waals surface area contributed by atoms with Crippen LogP contribution >= 0.6 is 0 Å². The summed E-state index contributed by atoms with van der Waals surface area (Å²) in [4.78, 5) is 20.5. The highest BCUT2D eigenvalue weighted by Gasteiger charge is 2.55. The first kappa shape index (κ1) is 13.1. The summed E-state index contributed by atoms with van der Waals surface area (Å²) in [6, 6.07) is 0. The maximum Gasteiger partial charge on any atom is 0.344 e. The van der Waals surface area contributed by atoms with Gasteiger partial charge in [-0.25, -0.2) is 0 Å². The Bertz CT molecular complexity index is 156. The van der Waals surface area contributed by atoms with Gasteiger partial charge in [-0.2, -0.15) is 0 Å². The number of hydrogen-bond donors (Lipinski definition) is 2. The molecule has 0 amide bonds. The van der Waals surface area contributed by atoms with Crippen LogP contribution < -0.4 is 0 Å². The van der Waals surface area contributed by atoms with Gasteiger partial charge in [-0.15, -0.1) is 0 Å². The molecule has 0 aliphatic rings. The minimum Gasteiger partial charge on any atom is -0.410 e. The topological polar surface area (TPSA) is 40.5 Å². The van der Waals surface area contributed by atoms with Gasteiger partial charge in [-0.1, -0.05) is 41.5 Å². The first-order chi connectivity index (χ1) is 5.62. The van der Waals surface area contributed by atoms with E-state index in [9.17, 15) is 9.59 Å². The first-order valence-corrected chi connectivity index (χ1v) is 6.96. The van der Waals surface area contributed by atoms with Crippen molar-refractivity contribution in [1.29, 1.82) is 0 Å². The molecule has 0 spiro atoms. The monoisotopic (exact) mass is 204 g/mol. The average molecular weight is 204 g/mol. The molecule has 0 fully saturated rings. The van der Waals surface area contributed by atoms with Gasteiger partial charge < -0.3 is 9.59 Å². The Morgan fingerprint density at radius 3 is 1.23 bits per heavy atom. The molecule has 0 saturated heterocycles. The Kier molecular flexibility index (Phi) is 3.75. The number of hydrogen-bond acceptors (Lipinski definition) is 2. The third-order valence-electron chi connectivity index (χ3n) is 3.66. The molecule has 2 N–H and O–H groups in total. The van der Waals surface area contributed by atoms with Gasteiger partial charge in [0.15, 0.2) is 0 Å². The molecular weight excluding hydrogens is 180 g/mol. The second-order valence-electron chi connectivity index (χ2n) is 5.15. The van der Waals surface area contributed by atoms with E-state index >= 15 is 0 Å². The normalized spacial score (nSPS) is 14.8. The maximum atomic E-state index is 10.3. The molecule has 80 valence electrons. The zero-order chi connectivity index (χ0) is 10.9. The van der Waals surface area contributed by atoms with E-state index in [2.05, 4.69) is 0 Å². The van der Waals surface area contributed by atoms with Crippen molar-refractivity contribution in [2.24, 2.45) is 0 Å². The van der Waals surface area contributed by atoms with Gasteiger partial charge in [-0.05, 0) is 12.8 Å². The van der Waals surface area contributed by atoms with Crippen LogP contribution in [0.4, 0.5) is 0 Å². The largest absolute Gasteiger partial charge is 0.410 e. The van der Waals surface area contributed by atoms with Gasteiger partial charge in [0, 0.05) is 10.1 Å². The smallest absolute Gasteiger partial charge is 0.344 e. The summed E-state index contributed by atoms with van der Waals surface area (Å²) >= 11 is 0. The van der Waals surface area contributed by atoms with E-state index in [1.165, 1.54) is 0 Å². The molecule has 0 aromatic carbocycles. The SMILES string of the molecule is CCC(C)(C)[Si](O)(O)C(C)(C)CC. The Hall–Kier alpha value is 0.137. The van der Waals surface area contributed by atoms with Crippen LogP contribution in [0, 0.1) is 0 Å². The molecular formula is C10H24O2Si. The Labute approximate surface area is 83.2 Å². The van der Waals surface area contributed by atoms with Crippen molar-refractivity contribution >= 4 is 8.56 Å². The molecule has 0 bridgehead atoms. The predicted octanol–water partition coefficient (Wildman–Crippen LogP) is 2.79. The highest BCUT2D eigenvalue weighted by molar-refractivity contribution is 6.71. The van der Waals surface area contributed by atoms with Crippen LogP contribution in [0.3, 0.4) is 0 Å². The Morgan fingerprint density at radius 1 is 0.846 bits per heavy atom. The summed E-state index contributed by atoms with van der Waals surface area (Å²) < 4.78 is 0. The van der Waals surface area contributed by atoms with Gasteiger partial charge in [-0.3, -0.25) is 0 Å². The van der Waals surface area contributed by atoms with Crippen LogP contribution in [-0.2, 0) is 0 Å². The first-order valence-electron chi connectivity index (χ1n) is 5.07. The van der Waals surface area contributed by atoms with Crippen LogP contribution in [0.25, 0.3) is 0 Å². The van der Waals surface area contributed by atoms with E-state index in [0.29, 0.717) is 0 Å². The summed E-state index contributed by atoms with van der Waals surface area (Å²) in [5.41, 5.74) is 0. The molecule has 0 unspecified atom stereocenters. The third kappa shape index (κ3) is 2.14. The molecule has 13 heavy (non-hydrogen) atoms. The van der Waals surface area contributed by atoms with Crippen LogP contribution in [0.1, 0.15) is 54.4 Å². The molecule has 0 aliphatic heterocycles. The van der Waals surface area contributed by atoms with Crippen molar-refractivity contribution in [3.05, 3.63) is 0 Å². The summed E-state index contributed by atoms with van der Waals surface area (Å²) in [5.74, 6) is 0. The fraction of sp³-hybridized carbons (Fsp3) is 1.00. The molecule has 0 aromatic rings. The molecule has 0 atom stereocenters. The standard InChI is InChI=1S/C10H24O2Si/c1-7-9(3,4)13(11,12)10(5,6)8-2/h11-12H,7-8H2,1-6H3. The third-order valence-corrected chi connectivity index (χ3v) is 8.14. The van der Waals surface area contributed by atoms with Crippen molar-refractivity contribution in [2.45, 2.75) is 64.5 Å². The van der Waals surface area contributed by atoms with E-state index in [1.807, 2.05) is 41.5 Å². The van der Waals surface area contributed by atoms with Gasteiger partial charge in [0.2, 0.25) is 0 Å². The van der Waals surface area contributed by atoms with Crippen molar-refractivity contribution < 1.29 is 9.59 Å². The lowest BCUT2D eigenvalue weighted by Gasteiger charge is -2.44. The van der Waals surface area contributed by atoms with E-state index in [0.717, 1.165) is 12.8 Å². The van der Waals surface area contributed by atoms with E-state index in [4.69, 9.17) is 0 Å². The van der Waals surface area contributed by atoms with Crippen molar-refractivity contribution in [1.82, 2.24) is 0 Å². The van der Waals surface area contributed by atoms with Crippen molar-refractivity contribution in [3.8, 4) is 0 Å². The quantitative estimate of drug-likeness (QED) is 0.691. The molecule has 0 radical (unpaired) electrons. The van der Waals surface area contributed by atoms with Gasteiger partial charge in [0.25, 0.3) is 0 Å². The second-order valence-corrected chi connectivity index (χ2v) is 9.20. The molecule has 0 saturated carbocycles. The highest BCUT2D eigenvalue weighted by Crippen LogP contribution is 2.51. The lowest BCUT2D eigenvalue weighted by Crippen LogP contribution is -2.54. The van der Waals surface area contributed by atoms with Gasteiger partial charge >= 0.3 is 8.56 Å². The van der Waals surface area contributed by atoms with E-state index < -0.39 is 8.56 Å². The molecule has 0 aliphatic carbocycles. The van der Waals surface area contributed by atoms with Crippen LogP contribution in [0.5, 0.6) is 0 Å². The minimum atomic E-state index is -3.16. The second kappa shape index (κ2) is 3.71. The Morgan fingerprint density at radius 2 is 1.08 bits per heavy atom. The fourth-order valence-electron chi connectivity index (χ4n) is 1.41. The highest BCUT2D eigenvalue weighted by atomic mass is 28.4. The van der Waals surface area contributed by atoms with Crippen LogP contribution in [-0.4, -0.2) is 18.2 Å². The van der Waals surface area contributed by atoms with Gasteiger partial charge in [0.1, 0.15) is 0 Å². The molecule has 3 heteroatoms. The zero-order valence-corrected chi connectivity index (χ0v) is 10.8. The summed E-state index contributed by atoms with van der Waals surface area (Å²) in [6.45, 7) is 11.8. The molecule has 0 heterocycles. The minimum absolute atomic E-state index is 0.327. The van der Waals surface area contributed by atoms with E-state index in [-0.39, 0.29) is 10.1 Å². The lowest BCUT2D eigenvalue weighted by atomic mass is 10.1. The lowest BCUT2D eigenvalue weighted by molar-refractivity contribution is 0.253. The molecule has 0 rings (SSSR count). The number of rotatable bonds is 4. The van der Waals surface area contributed by atoms with Crippen molar-refractivity contribution in [3.63, 3.8) is 0 Å². The Balaban J connectivity index is 4.95. The fourth-order valence-corrected chi connectivity index (χ4v) is 4.23. The zero-order valence-electron chi connectivity index (χ0n) is 9.81. The van der Waals surface area contributed by atoms with E-state index in [1.54, 1.807) is 0 Å². The summed E-state index contributed by atoms with van der Waals surface area (Å²) in [7, 11) is -3.16. The molecule has 0 aromatic heterocycles. The van der Waals surface area contributed by atoms with Crippen LogP contribution in [0.2, 0.25) is 10.1 Å². The maximum absolute atomic E-state index is 10.3. The summed E-state index contributed by atoms with van der Waals surface area (Å²) in [5, 5.41) is -0.654. The summed E-state index contributed by atoms with van der Waals surface area (Å²) in [6.07, 6.45) is 1.63. The predicted molar refractivity (Wildman–Crippen MR) is 58.9 cm³/mol.